The highest BCUT2D eigenvalue weighted by Crippen LogP contribution is 2.29. The van der Waals surface area contributed by atoms with Crippen LogP contribution in [0.5, 0.6) is 0 Å². The summed E-state index contributed by atoms with van der Waals surface area (Å²) in [6.45, 7) is 1.84. The number of rotatable bonds is 5. The number of piperidine rings is 1. The summed E-state index contributed by atoms with van der Waals surface area (Å²) in [5.74, 6) is 0.985. The van der Waals surface area contributed by atoms with Crippen molar-refractivity contribution in [1.29, 1.82) is 0 Å². The van der Waals surface area contributed by atoms with Gasteiger partial charge in [0.2, 0.25) is 5.91 Å². The molecule has 1 aromatic heterocycles. The van der Waals surface area contributed by atoms with E-state index in [2.05, 4.69) is 46.0 Å². The molecule has 1 aliphatic rings. The fraction of sp³-hybridized carbons (Fsp3) is 0.421. The molecule has 2 aromatic rings. The number of likely N-dealkylation sites (tertiary alicyclic amines) is 1. The van der Waals surface area contributed by atoms with Crippen LogP contribution in [0.1, 0.15) is 42.7 Å². The molecule has 0 spiro atoms. The van der Waals surface area contributed by atoms with E-state index in [0.717, 1.165) is 38.8 Å². The average molecular weight is 313 g/mol. The first-order valence-electron chi connectivity index (χ1n) is 8.17. The first-order chi connectivity index (χ1) is 10.8. The molecule has 2 nitrogen and oxygen atoms in total. The predicted octanol–water partition coefficient (Wildman–Crippen LogP) is 4.48. The van der Waals surface area contributed by atoms with Crippen LogP contribution < -0.4 is 0 Å². The van der Waals surface area contributed by atoms with Gasteiger partial charge in [-0.25, -0.2) is 0 Å². The minimum atomic E-state index is 0.333. The molecular formula is C19H23NOS. The Balaban J connectivity index is 1.40. The largest absolute Gasteiger partial charge is 0.343 e. The number of carbonyl (C=O) groups excluding carboxylic acids is 1. The molecular weight excluding hydrogens is 290 g/mol. The maximum absolute atomic E-state index is 12.3. The molecule has 0 saturated carbocycles. The number of benzene rings is 1. The van der Waals surface area contributed by atoms with E-state index >= 15 is 0 Å². The lowest BCUT2D eigenvalue weighted by Crippen LogP contribution is -2.37. The third-order valence-corrected chi connectivity index (χ3v) is 5.26. The molecule has 0 N–H and O–H groups in total. The molecule has 1 saturated heterocycles. The average Bonchev–Trinajstić information content (AvgIpc) is 3.10. The van der Waals surface area contributed by atoms with Gasteiger partial charge in [-0.15, -0.1) is 0 Å². The van der Waals surface area contributed by atoms with Crippen molar-refractivity contribution in [2.24, 2.45) is 0 Å². The fourth-order valence-corrected chi connectivity index (χ4v) is 3.96. The summed E-state index contributed by atoms with van der Waals surface area (Å²) in [6, 6.07) is 12.7. The van der Waals surface area contributed by atoms with E-state index in [1.54, 1.807) is 11.3 Å². The number of thiophene rings is 1. The van der Waals surface area contributed by atoms with Crippen molar-refractivity contribution < 1.29 is 4.79 Å². The summed E-state index contributed by atoms with van der Waals surface area (Å²) < 4.78 is 0. The molecule has 1 fully saturated rings. The van der Waals surface area contributed by atoms with Crippen molar-refractivity contribution in [3.8, 4) is 0 Å². The van der Waals surface area contributed by atoms with Crippen LogP contribution in [0.3, 0.4) is 0 Å². The maximum Gasteiger partial charge on any atom is 0.222 e. The third kappa shape index (κ3) is 3.98. The van der Waals surface area contributed by atoms with Gasteiger partial charge in [-0.05, 0) is 59.6 Å². The van der Waals surface area contributed by atoms with Crippen LogP contribution in [0.2, 0.25) is 0 Å². The minimum absolute atomic E-state index is 0.333. The Morgan fingerprint density at radius 2 is 1.91 bits per heavy atom. The third-order valence-electron chi connectivity index (χ3n) is 4.56. The Labute approximate surface area is 136 Å². The zero-order valence-corrected chi connectivity index (χ0v) is 13.7. The number of aryl methyl sites for hydroxylation is 1. The number of nitrogens with zero attached hydrogens (tertiary/aromatic N) is 1. The second-order valence-corrected chi connectivity index (χ2v) is 6.83. The lowest BCUT2D eigenvalue weighted by molar-refractivity contribution is -0.132. The van der Waals surface area contributed by atoms with Gasteiger partial charge in [0, 0.05) is 19.5 Å². The van der Waals surface area contributed by atoms with Crippen LogP contribution >= 0.6 is 11.3 Å². The summed E-state index contributed by atoms with van der Waals surface area (Å²) in [5.41, 5.74) is 2.78. The Hall–Kier alpha value is -1.61. The quantitative estimate of drug-likeness (QED) is 0.797. The van der Waals surface area contributed by atoms with E-state index in [1.807, 2.05) is 6.07 Å². The molecule has 0 radical (unpaired) electrons. The van der Waals surface area contributed by atoms with E-state index in [9.17, 15) is 4.79 Å². The van der Waals surface area contributed by atoms with Gasteiger partial charge < -0.3 is 4.90 Å². The van der Waals surface area contributed by atoms with E-state index in [4.69, 9.17) is 0 Å². The molecule has 22 heavy (non-hydrogen) atoms. The summed E-state index contributed by atoms with van der Waals surface area (Å²) >= 11 is 1.77. The normalized spacial score (nSPS) is 15.9. The second-order valence-electron chi connectivity index (χ2n) is 6.05. The summed E-state index contributed by atoms with van der Waals surface area (Å²) in [7, 11) is 0. The van der Waals surface area contributed by atoms with E-state index in [0.29, 0.717) is 18.2 Å². The molecule has 0 aliphatic carbocycles. The van der Waals surface area contributed by atoms with E-state index < -0.39 is 0 Å². The van der Waals surface area contributed by atoms with Gasteiger partial charge in [0.1, 0.15) is 0 Å². The Morgan fingerprint density at radius 1 is 1.14 bits per heavy atom. The molecule has 1 aromatic carbocycles. The SMILES string of the molecule is O=C(CCCc1ccccc1)N1CCC(c2ccsc2)CC1. The first-order valence-corrected chi connectivity index (χ1v) is 9.11. The Kier molecular flexibility index (Phi) is 5.28. The van der Waals surface area contributed by atoms with Crippen molar-refractivity contribution in [2.45, 2.75) is 38.0 Å². The fourth-order valence-electron chi connectivity index (χ4n) is 3.22. The maximum atomic E-state index is 12.3. The van der Waals surface area contributed by atoms with Crippen LogP contribution in [0, 0.1) is 0 Å². The van der Waals surface area contributed by atoms with E-state index in [-0.39, 0.29) is 0 Å². The lowest BCUT2D eigenvalue weighted by Gasteiger charge is -2.32. The number of hydrogen-bond acceptors (Lipinski definition) is 2. The highest BCUT2D eigenvalue weighted by Gasteiger charge is 2.23. The molecule has 3 rings (SSSR count). The standard InChI is InChI=1S/C19H23NOS/c21-19(8-4-7-16-5-2-1-3-6-16)20-12-9-17(10-13-20)18-11-14-22-15-18/h1-3,5-6,11,14-15,17H,4,7-10,12-13H2. The molecule has 0 unspecified atom stereocenters. The van der Waals surface area contributed by atoms with Gasteiger partial charge in [0.25, 0.3) is 0 Å². The van der Waals surface area contributed by atoms with Crippen molar-refractivity contribution in [2.75, 3.05) is 13.1 Å². The molecule has 116 valence electrons. The monoisotopic (exact) mass is 313 g/mol. The van der Waals surface area contributed by atoms with Crippen LogP contribution in [-0.4, -0.2) is 23.9 Å². The van der Waals surface area contributed by atoms with Gasteiger partial charge in [-0.3, -0.25) is 4.79 Å². The smallest absolute Gasteiger partial charge is 0.222 e. The number of amides is 1. The van der Waals surface area contributed by atoms with Gasteiger partial charge >= 0.3 is 0 Å². The molecule has 0 bridgehead atoms. The topological polar surface area (TPSA) is 20.3 Å². The van der Waals surface area contributed by atoms with Gasteiger partial charge in [-0.1, -0.05) is 30.3 Å². The summed E-state index contributed by atoms with van der Waals surface area (Å²) in [4.78, 5) is 14.4. The number of hydrogen-bond donors (Lipinski definition) is 0. The van der Waals surface area contributed by atoms with Gasteiger partial charge in [0.05, 0.1) is 0 Å². The molecule has 1 aliphatic heterocycles. The summed E-state index contributed by atoms with van der Waals surface area (Å²) in [6.07, 6.45) is 4.85. The van der Waals surface area contributed by atoms with Crippen molar-refractivity contribution in [1.82, 2.24) is 4.90 Å². The zero-order chi connectivity index (χ0) is 15.2. The van der Waals surface area contributed by atoms with Crippen LogP contribution in [0.4, 0.5) is 0 Å². The van der Waals surface area contributed by atoms with Crippen LogP contribution in [0.25, 0.3) is 0 Å². The number of carbonyl (C=O) groups is 1. The summed E-state index contributed by atoms with van der Waals surface area (Å²) in [5, 5.41) is 4.40. The molecule has 3 heteroatoms. The van der Waals surface area contributed by atoms with Gasteiger partial charge in [0.15, 0.2) is 0 Å². The predicted molar refractivity (Wildman–Crippen MR) is 92.3 cm³/mol. The Morgan fingerprint density at radius 3 is 2.59 bits per heavy atom. The molecule has 1 amide bonds. The van der Waals surface area contributed by atoms with Crippen molar-refractivity contribution >= 4 is 17.2 Å². The first kappa shape index (κ1) is 15.3. The lowest BCUT2D eigenvalue weighted by atomic mass is 9.91. The zero-order valence-electron chi connectivity index (χ0n) is 12.9. The van der Waals surface area contributed by atoms with E-state index in [1.165, 1.54) is 11.1 Å². The van der Waals surface area contributed by atoms with Gasteiger partial charge in [-0.2, -0.15) is 11.3 Å². The van der Waals surface area contributed by atoms with Crippen molar-refractivity contribution in [3.63, 3.8) is 0 Å². The van der Waals surface area contributed by atoms with Crippen LogP contribution in [0.15, 0.2) is 47.2 Å². The minimum Gasteiger partial charge on any atom is -0.343 e. The van der Waals surface area contributed by atoms with Crippen LogP contribution in [-0.2, 0) is 11.2 Å². The van der Waals surface area contributed by atoms with Crippen molar-refractivity contribution in [3.05, 3.63) is 58.3 Å². The molecule has 0 atom stereocenters. The second kappa shape index (κ2) is 7.59. The molecule has 2 heterocycles. The highest BCUT2D eigenvalue weighted by molar-refractivity contribution is 7.07. The highest BCUT2D eigenvalue weighted by atomic mass is 32.1. The Bertz CT molecular complexity index is 571.